The minimum Gasteiger partial charge on any atom is -0.493 e. The van der Waals surface area contributed by atoms with Gasteiger partial charge in [0, 0.05) is 43.7 Å². The Bertz CT molecular complexity index is 287. The van der Waals surface area contributed by atoms with E-state index in [-0.39, 0.29) is 0 Å². The van der Waals surface area contributed by atoms with Crippen LogP contribution in [-0.4, -0.2) is 25.3 Å². The molecule has 0 aliphatic rings. The number of pyridine rings is 1. The minimum absolute atomic E-state index is 0.693. The van der Waals surface area contributed by atoms with E-state index < -0.39 is 0 Å². The van der Waals surface area contributed by atoms with Gasteiger partial charge in [-0.3, -0.25) is 4.98 Å². The van der Waals surface area contributed by atoms with E-state index >= 15 is 0 Å². The molecule has 1 aromatic heterocycles. The van der Waals surface area contributed by atoms with Gasteiger partial charge in [0.15, 0.2) is 0 Å². The second kappa shape index (κ2) is 5.60. The molecule has 0 saturated heterocycles. The first-order valence-electron chi connectivity index (χ1n) is 4.79. The van der Waals surface area contributed by atoms with Crippen LogP contribution in [0.15, 0.2) is 12.3 Å². The van der Waals surface area contributed by atoms with Crippen molar-refractivity contribution in [3.63, 3.8) is 0 Å². The van der Waals surface area contributed by atoms with E-state index in [2.05, 4.69) is 4.98 Å². The van der Waals surface area contributed by atoms with E-state index in [1.54, 1.807) is 7.11 Å². The summed E-state index contributed by atoms with van der Waals surface area (Å²) in [6.45, 7) is 5.39. The molecule has 0 radical (unpaired) electrons. The van der Waals surface area contributed by atoms with Gasteiger partial charge < -0.3 is 9.47 Å². The number of ether oxygens (including phenoxy) is 2. The van der Waals surface area contributed by atoms with E-state index in [4.69, 9.17) is 9.47 Å². The molecule has 0 fully saturated rings. The molecule has 0 amide bonds. The van der Waals surface area contributed by atoms with Crippen LogP contribution in [0.2, 0.25) is 0 Å². The maximum atomic E-state index is 5.60. The molecule has 0 bridgehead atoms. The average molecular weight is 195 g/mol. The molecule has 0 spiro atoms. The fourth-order valence-electron chi connectivity index (χ4n) is 1.14. The third-order valence-corrected chi connectivity index (χ3v) is 1.94. The summed E-state index contributed by atoms with van der Waals surface area (Å²) in [5.74, 6) is 0.925. The first kappa shape index (κ1) is 11.0. The molecule has 0 N–H and O–H groups in total. The molecule has 0 aromatic carbocycles. The van der Waals surface area contributed by atoms with Crippen molar-refractivity contribution in [2.75, 3.05) is 20.3 Å². The molecular formula is C11H17NO2. The monoisotopic (exact) mass is 195 g/mol. The van der Waals surface area contributed by atoms with Crippen LogP contribution in [0.3, 0.4) is 0 Å². The zero-order chi connectivity index (χ0) is 10.4. The lowest BCUT2D eigenvalue weighted by Crippen LogP contribution is -2.02. The summed E-state index contributed by atoms with van der Waals surface area (Å²) in [6.07, 6.45) is 2.75. The van der Waals surface area contributed by atoms with Crippen molar-refractivity contribution in [1.82, 2.24) is 4.98 Å². The molecule has 1 rings (SSSR count). The number of aryl methyl sites for hydroxylation is 2. The van der Waals surface area contributed by atoms with Crippen molar-refractivity contribution in [2.45, 2.75) is 20.3 Å². The van der Waals surface area contributed by atoms with E-state index in [0.29, 0.717) is 6.61 Å². The van der Waals surface area contributed by atoms with E-state index in [1.165, 1.54) is 0 Å². The Balaban J connectivity index is 2.45. The predicted octanol–water partition coefficient (Wildman–Crippen LogP) is 2.11. The zero-order valence-corrected chi connectivity index (χ0v) is 9.04. The summed E-state index contributed by atoms with van der Waals surface area (Å²) in [6, 6.07) is 1.96. The van der Waals surface area contributed by atoms with Gasteiger partial charge in [-0.15, -0.1) is 0 Å². The van der Waals surface area contributed by atoms with Gasteiger partial charge >= 0.3 is 0 Å². The molecule has 0 saturated carbocycles. The van der Waals surface area contributed by atoms with Crippen molar-refractivity contribution in [3.8, 4) is 5.75 Å². The highest BCUT2D eigenvalue weighted by atomic mass is 16.5. The number of rotatable bonds is 5. The van der Waals surface area contributed by atoms with E-state index in [1.807, 2.05) is 26.1 Å². The zero-order valence-electron chi connectivity index (χ0n) is 9.04. The first-order chi connectivity index (χ1) is 6.74. The van der Waals surface area contributed by atoms with Gasteiger partial charge in [0.05, 0.1) is 6.61 Å². The van der Waals surface area contributed by atoms with Crippen LogP contribution in [0.4, 0.5) is 0 Å². The summed E-state index contributed by atoms with van der Waals surface area (Å²) < 4.78 is 10.5. The number of aromatic nitrogens is 1. The SMILES string of the molecule is COCCCOc1cc(C)ncc1C. The number of methoxy groups -OCH3 is 1. The first-order valence-corrected chi connectivity index (χ1v) is 4.79. The van der Waals surface area contributed by atoms with Gasteiger partial charge in [0.1, 0.15) is 5.75 Å². The summed E-state index contributed by atoms with van der Waals surface area (Å²) in [5, 5.41) is 0. The number of hydrogen-bond acceptors (Lipinski definition) is 3. The van der Waals surface area contributed by atoms with Gasteiger partial charge in [0.25, 0.3) is 0 Å². The average Bonchev–Trinajstić information content (AvgIpc) is 2.18. The molecule has 0 aliphatic heterocycles. The van der Waals surface area contributed by atoms with Crippen molar-refractivity contribution >= 4 is 0 Å². The van der Waals surface area contributed by atoms with Crippen molar-refractivity contribution in [3.05, 3.63) is 23.5 Å². The summed E-state index contributed by atoms with van der Waals surface area (Å²) in [5.41, 5.74) is 2.06. The third-order valence-electron chi connectivity index (χ3n) is 1.94. The summed E-state index contributed by atoms with van der Waals surface area (Å²) in [7, 11) is 1.70. The Morgan fingerprint density at radius 1 is 1.29 bits per heavy atom. The molecular weight excluding hydrogens is 178 g/mol. The quantitative estimate of drug-likeness (QED) is 0.674. The van der Waals surface area contributed by atoms with E-state index in [9.17, 15) is 0 Å². The highest BCUT2D eigenvalue weighted by molar-refractivity contribution is 5.31. The maximum Gasteiger partial charge on any atom is 0.125 e. The Kier molecular flexibility index (Phi) is 4.40. The molecule has 3 heteroatoms. The lowest BCUT2D eigenvalue weighted by Gasteiger charge is -2.08. The minimum atomic E-state index is 0.693. The lowest BCUT2D eigenvalue weighted by atomic mass is 10.2. The van der Waals surface area contributed by atoms with Gasteiger partial charge in [0.2, 0.25) is 0 Å². The van der Waals surface area contributed by atoms with Gasteiger partial charge in [-0.2, -0.15) is 0 Å². The van der Waals surface area contributed by atoms with Crippen molar-refractivity contribution < 1.29 is 9.47 Å². The van der Waals surface area contributed by atoms with Crippen LogP contribution in [0.25, 0.3) is 0 Å². The highest BCUT2D eigenvalue weighted by Gasteiger charge is 1.99. The van der Waals surface area contributed by atoms with Crippen LogP contribution >= 0.6 is 0 Å². The van der Waals surface area contributed by atoms with E-state index in [0.717, 1.165) is 30.0 Å². The van der Waals surface area contributed by atoms with Crippen molar-refractivity contribution in [2.24, 2.45) is 0 Å². The molecule has 0 atom stereocenters. The van der Waals surface area contributed by atoms with Crippen molar-refractivity contribution in [1.29, 1.82) is 0 Å². The Morgan fingerprint density at radius 3 is 2.79 bits per heavy atom. The largest absolute Gasteiger partial charge is 0.493 e. The Hall–Kier alpha value is -1.09. The van der Waals surface area contributed by atoms with Gasteiger partial charge in [-0.25, -0.2) is 0 Å². The molecule has 0 unspecified atom stereocenters. The van der Waals surface area contributed by atoms with Crippen LogP contribution in [-0.2, 0) is 4.74 Å². The van der Waals surface area contributed by atoms with Crippen LogP contribution in [0.5, 0.6) is 5.75 Å². The van der Waals surface area contributed by atoms with Gasteiger partial charge in [-0.05, 0) is 13.8 Å². The predicted molar refractivity (Wildman–Crippen MR) is 55.7 cm³/mol. The molecule has 78 valence electrons. The summed E-state index contributed by atoms with van der Waals surface area (Å²) >= 11 is 0. The number of hydrogen-bond donors (Lipinski definition) is 0. The maximum absolute atomic E-state index is 5.60. The highest BCUT2D eigenvalue weighted by Crippen LogP contribution is 2.17. The third kappa shape index (κ3) is 3.34. The smallest absolute Gasteiger partial charge is 0.125 e. The summed E-state index contributed by atoms with van der Waals surface area (Å²) in [4.78, 5) is 4.18. The lowest BCUT2D eigenvalue weighted by molar-refractivity contribution is 0.172. The Labute approximate surface area is 85.1 Å². The molecule has 1 heterocycles. The molecule has 0 aliphatic carbocycles. The normalized spacial score (nSPS) is 10.2. The standard InChI is InChI=1S/C11H17NO2/c1-9-8-12-10(2)7-11(9)14-6-4-5-13-3/h7-8H,4-6H2,1-3H3. The molecule has 14 heavy (non-hydrogen) atoms. The second-order valence-electron chi connectivity index (χ2n) is 3.29. The molecule has 3 nitrogen and oxygen atoms in total. The van der Waals surface area contributed by atoms with Crippen LogP contribution in [0.1, 0.15) is 17.7 Å². The van der Waals surface area contributed by atoms with Crippen LogP contribution in [0, 0.1) is 13.8 Å². The molecule has 1 aromatic rings. The number of nitrogens with zero attached hydrogens (tertiary/aromatic N) is 1. The van der Waals surface area contributed by atoms with Crippen LogP contribution < -0.4 is 4.74 Å². The van der Waals surface area contributed by atoms with Gasteiger partial charge in [-0.1, -0.05) is 0 Å². The Morgan fingerprint density at radius 2 is 2.07 bits per heavy atom. The second-order valence-corrected chi connectivity index (χ2v) is 3.29. The topological polar surface area (TPSA) is 31.4 Å². The fourth-order valence-corrected chi connectivity index (χ4v) is 1.14. The fraction of sp³-hybridized carbons (Fsp3) is 0.545.